The van der Waals surface area contributed by atoms with Crippen molar-refractivity contribution < 1.29 is 8.42 Å². The molecule has 1 saturated heterocycles. The van der Waals surface area contributed by atoms with Gasteiger partial charge in [0.15, 0.2) is 0 Å². The summed E-state index contributed by atoms with van der Waals surface area (Å²) in [7, 11) is -3.35. The maximum absolute atomic E-state index is 12.6. The molecule has 4 rings (SSSR count). The van der Waals surface area contributed by atoms with Crippen molar-refractivity contribution in [3.63, 3.8) is 0 Å². The topological polar surface area (TPSA) is 54.3 Å². The molecule has 1 aliphatic rings. The summed E-state index contributed by atoms with van der Waals surface area (Å²) in [4.78, 5) is 2.34. The van der Waals surface area contributed by atoms with E-state index in [1.54, 1.807) is 12.1 Å². The van der Waals surface area contributed by atoms with Crippen LogP contribution in [0.15, 0.2) is 60.8 Å². The van der Waals surface area contributed by atoms with E-state index < -0.39 is 10.0 Å². The zero-order valence-electron chi connectivity index (χ0n) is 15.6. The molecule has 28 heavy (non-hydrogen) atoms. The summed E-state index contributed by atoms with van der Waals surface area (Å²) in [6.07, 6.45) is 3.40. The Balaban J connectivity index is 1.31. The number of fused-ring (bicyclic) bond motifs is 1. The number of aromatic nitrogens is 1. The summed E-state index contributed by atoms with van der Waals surface area (Å²) in [6, 6.07) is 17.1. The summed E-state index contributed by atoms with van der Waals surface area (Å²) in [6.45, 7) is 3.38. The SMILES string of the molecule is O=S(=O)(Nc1ccccc1)C1CCN(CCn2ccc3cc(Cl)ccc32)CC1. The van der Waals surface area contributed by atoms with E-state index in [0.717, 1.165) is 36.6 Å². The number of likely N-dealkylation sites (tertiary alicyclic amines) is 1. The van der Waals surface area contributed by atoms with Crippen LogP contribution < -0.4 is 4.72 Å². The van der Waals surface area contributed by atoms with Crippen molar-refractivity contribution in [3.8, 4) is 0 Å². The molecule has 0 amide bonds. The quantitative estimate of drug-likeness (QED) is 0.653. The standard InChI is InChI=1S/C21H24ClN3O2S/c22-18-6-7-21-17(16-18)8-13-25(21)15-14-24-11-9-20(10-12-24)28(26,27)23-19-4-2-1-3-5-19/h1-8,13,16,20,23H,9-12,14-15H2. The first kappa shape index (κ1) is 19.3. The average Bonchev–Trinajstić information content (AvgIpc) is 3.09. The number of piperidine rings is 1. The van der Waals surface area contributed by atoms with Crippen LogP contribution >= 0.6 is 11.6 Å². The minimum absolute atomic E-state index is 0.335. The monoisotopic (exact) mass is 417 g/mol. The fourth-order valence-electron chi connectivity index (χ4n) is 3.81. The zero-order valence-corrected chi connectivity index (χ0v) is 17.2. The Morgan fingerprint density at radius 1 is 1.00 bits per heavy atom. The molecular formula is C21H24ClN3O2S. The number of para-hydroxylation sites is 1. The van der Waals surface area contributed by atoms with Gasteiger partial charge in [0.25, 0.3) is 0 Å². The molecule has 0 saturated carbocycles. The van der Waals surface area contributed by atoms with Crippen molar-refractivity contribution in [3.05, 3.63) is 65.8 Å². The van der Waals surface area contributed by atoms with E-state index in [1.165, 1.54) is 5.52 Å². The fourth-order valence-corrected chi connectivity index (χ4v) is 5.46. The summed E-state index contributed by atoms with van der Waals surface area (Å²) >= 11 is 6.06. The lowest BCUT2D eigenvalue weighted by Gasteiger charge is -2.31. The second-order valence-corrected chi connectivity index (χ2v) is 9.66. The summed E-state index contributed by atoms with van der Waals surface area (Å²) < 4.78 is 30.2. The van der Waals surface area contributed by atoms with Crippen LogP contribution in [0.5, 0.6) is 0 Å². The molecule has 5 nitrogen and oxygen atoms in total. The molecule has 0 spiro atoms. The second kappa shape index (κ2) is 8.15. The molecule has 148 valence electrons. The number of hydrogen-bond donors (Lipinski definition) is 1. The Morgan fingerprint density at radius 2 is 1.75 bits per heavy atom. The van der Waals surface area contributed by atoms with Gasteiger partial charge in [0, 0.05) is 40.9 Å². The minimum Gasteiger partial charge on any atom is -0.346 e. The van der Waals surface area contributed by atoms with Crippen LogP contribution in [0.3, 0.4) is 0 Å². The molecule has 1 N–H and O–H groups in total. The number of benzene rings is 2. The predicted octanol–water partition coefficient (Wildman–Crippen LogP) is 4.20. The first-order valence-electron chi connectivity index (χ1n) is 9.55. The number of sulfonamides is 1. The predicted molar refractivity (Wildman–Crippen MR) is 115 cm³/mol. The van der Waals surface area contributed by atoms with Crippen molar-refractivity contribution in [1.29, 1.82) is 0 Å². The first-order valence-corrected chi connectivity index (χ1v) is 11.5. The molecule has 2 heterocycles. The van der Waals surface area contributed by atoms with Gasteiger partial charge in [-0.1, -0.05) is 29.8 Å². The van der Waals surface area contributed by atoms with Crippen LogP contribution in [0.1, 0.15) is 12.8 Å². The number of hydrogen-bond acceptors (Lipinski definition) is 3. The number of halogens is 1. The van der Waals surface area contributed by atoms with Gasteiger partial charge in [0.2, 0.25) is 10.0 Å². The van der Waals surface area contributed by atoms with Gasteiger partial charge >= 0.3 is 0 Å². The Labute approximate surface area is 171 Å². The summed E-state index contributed by atoms with van der Waals surface area (Å²) in [5, 5.41) is 1.56. The molecule has 0 aliphatic carbocycles. The van der Waals surface area contributed by atoms with E-state index in [-0.39, 0.29) is 5.25 Å². The van der Waals surface area contributed by atoms with Gasteiger partial charge in [0.05, 0.1) is 5.25 Å². The molecule has 2 aromatic carbocycles. The van der Waals surface area contributed by atoms with Gasteiger partial charge in [0.1, 0.15) is 0 Å². The maximum atomic E-state index is 12.6. The van der Waals surface area contributed by atoms with Crippen LogP contribution in [0.4, 0.5) is 5.69 Å². The number of nitrogens with one attached hydrogen (secondary N) is 1. The highest BCUT2D eigenvalue weighted by molar-refractivity contribution is 7.93. The van der Waals surface area contributed by atoms with Gasteiger partial charge in [-0.25, -0.2) is 8.42 Å². The summed E-state index contributed by atoms with van der Waals surface area (Å²) in [5.74, 6) is 0. The molecular weight excluding hydrogens is 394 g/mol. The van der Waals surface area contributed by atoms with Crippen molar-refractivity contribution in [2.45, 2.75) is 24.6 Å². The van der Waals surface area contributed by atoms with Crippen molar-refractivity contribution in [1.82, 2.24) is 9.47 Å². The third-order valence-electron chi connectivity index (χ3n) is 5.40. The zero-order chi connectivity index (χ0) is 19.6. The van der Waals surface area contributed by atoms with Gasteiger partial charge in [-0.2, -0.15) is 0 Å². The Kier molecular flexibility index (Phi) is 5.62. The largest absolute Gasteiger partial charge is 0.346 e. The van der Waals surface area contributed by atoms with Crippen LogP contribution in [-0.4, -0.2) is 42.8 Å². The van der Waals surface area contributed by atoms with E-state index in [0.29, 0.717) is 18.5 Å². The van der Waals surface area contributed by atoms with Crippen LogP contribution in [0.2, 0.25) is 5.02 Å². The van der Waals surface area contributed by atoms with Crippen molar-refractivity contribution >= 4 is 38.2 Å². The van der Waals surface area contributed by atoms with E-state index in [1.807, 2.05) is 36.4 Å². The molecule has 0 atom stereocenters. The molecule has 0 bridgehead atoms. The van der Waals surface area contributed by atoms with E-state index in [9.17, 15) is 8.42 Å². The highest BCUT2D eigenvalue weighted by atomic mass is 35.5. The highest BCUT2D eigenvalue weighted by Crippen LogP contribution is 2.22. The molecule has 0 unspecified atom stereocenters. The molecule has 0 radical (unpaired) electrons. The first-order chi connectivity index (χ1) is 13.5. The molecule has 3 aromatic rings. The molecule has 1 aliphatic heterocycles. The van der Waals surface area contributed by atoms with Crippen molar-refractivity contribution in [2.75, 3.05) is 24.4 Å². The van der Waals surface area contributed by atoms with Crippen LogP contribution in [0.25, 0.3) is 10.9 Å². The normalized spacial score (nSPS) is 16.5. The lowest BCUT2D eigenvalue weighted by atomic mass is 10.1. The Morgan fingerprint density at radius 3 is 2.50 bits per heavy atom. The van der Waals surface area contributed by atoms with Gasteiger partial charge in [-0.15, -0.1) is 0 Å². The average molecular weight is 418 g/mol. The lowest BCUT2D eigenvalue weighted by molar-refractivity contribution is 0.223. The van der Waals surface area contributed by atoms with Gasteiger partial charge in [-0.05, 0) is 62.3 Å². The Bertz CT molecular complexity index is 1040. The minimum atomic E-state index is -3.35. The number of anilines is 1. The maximum Gasteiger partial charge on any atom is 0.235 e. The molecule has 1 aromatic heterocycles. The summed E-state index contributed by atoms with van der Waals surface area (Å²) in [5.41, 5.74) is 1.80. The van der Waals surface area contributed by atoms with Crippen LogP contribution in [0, 0.1) is 0 Å². The third kappa shape index (κ3) is 4.35. The number of nitrogens with zero attached hydrogens (tertiary/aromatic N) is 2. The van der Waals surface area contributed by atoms with Gasteiger partial charge in [-0.3, -0.25) is 4.72 Å². The highest BCUT2D eigenvalue weighted by Gasteiger charge is 2.29. The molecule has 1 fully saturated rings. The Hall–Kier alpha value is -2.02. The smallest absolute Gasteiger partial charge is 0.235 e. The van der Waals surface area contributed by atoms with Crippen LogP contribution in [-0.2, 0) is 16.6 Å². The second-order valence-electron chi connectivity index (χ2n) is 7.27. The van der Waals surface area contributed by atoms with E-state index in [2.05, 4.69) is 26.5 Å². The molecule has 7 heteroatoms. The third-order valence-corrected chi connectivity index (χ3v) is 7.50. The lowest BCUT2D eigenvalue weighted by Crippen LogP contribution is -2.42. The van der Waals surface area contributed by atoms with E-state index >= 15 is 0 Å². The van der Waals surface area contributed by atoms with Gasteiger partial charge < -0.3 is 9.47 Å². The van der Waals surface area contributed by atoms with E-state index in [4.69, 9.17) is 11.6 Å². The number of rotatable bonds is 6. The van der Waals surface area contributed by atoms with Crippen molar-refractivity contribution in [2.24, 2.45) is 0 Å². The fraction of sp³-hybridized carbons (Fsp3) is 0.333.